The zero-order chi connectivity index (χ0) is 12.7. The number of aryl methyl sites for hydroxylation is 1. The van der Waals surface area contributed by atoms with Crippen molar-refractivity contribution in [1.29, 1.82) is 0 Å². The van der Waals surface area contributed by atoms with Gasteiger partial charge in [-0.05, 0) is 18.8 Å². The molecule has 3 heterocycles. The fourth-order valence-corrected chi connectivity index (χ4v) is 2.63. The van der Waals surface area contributed by atoms with Crippen LogP contribution in [0.25, 0.3) is 11.1 Å². The summed E-state index contributed by atoms with van der Waals surface area (Å²) < 4.78 is 7.26. The number of hydrogen-bond donors (Lipinski definition) is 0. The van der Waals surface area contributed by atoms with Crippen molar-refractivity contribution < 1.29 is 9.21 Å². The fourth-order valence-electron chi connectivity index (χ4n) is 2.63. The fraction of sp³-hybridized carbons (Fsp3) is 0.500. The van der Waals surface area contributed by atoms with Gasteiger partial charge in [-0.3, -0.25) is 4.79 Å². The Kier molecular flexibility index (Phi) is 2.65. The molecular formula is C14H18N2O2. The summed E-state index contributed by atoms with van der Waals surface area (Å²) in [6.45, 7) is 3.98. The van der Waals surface area contributed by atoms with E-state index in [-0.39, 0.29) is 5.91 Å². The molecule has 0 aromatic carbocycles. The molecular weight excluding hydrogens is 228 g/mol. The molecule has 0 spiro atoms. The van der Waals surface area contributed by atoms with Gasteiger partial charge in [-0.2, -0.15) is 0 Å². The third-order valence-corrected chi connectivity index (χ3v) is 3.95. The molecule has 96 valence electrons. The Morgan fingerprint density at radius 1 is 1.39 bits per heavy atom. The Bertz CT molecular complexity index is 574. The summed E-state index contributed by atoms with van der Waals surface area (Å²) in [4.78, 5) is 14.4. The molecule has 0 N–H and O–H groups in total. The number of fused-ring (bicyclic) bond motifs is 1. The van der Waals surface area contributed by atoms with E-state index >= 15 is 0 Å². The number of likely N-dealkylation sites (tertiary alicyclic amines) is 1. The van der Waals surface area contributed by atoms with E-state index in [4.69, 9.17) is 4.42 Å². The molecule has 1 fully saturated rings. The van der Waals surface area contributed by atoms with Crippen LogP contribution in [0.5, 0.6) is 0 Å². The first kappa shape index (κ1) is 11.4. The maximum Gasteiger partial charge on any atom is 0.270 e. The largest absolute Gasteiger partial charge is 0.463 e. The predicted octanol–water partition coefficient (Wildman–Crippen LogP) is 2.64. The third kappa shape index (κ3) is 1.72. The monoisotopic (exact) mass is 246 g/mol. The Balaban J connectivity index is 1.87. The molecule has 1 amide bonds. The molecule has 0 radical (unpaired) electrons. The predicted molar refractivity (Wildman–Crippen MR) is 69.5 cm³/mol. The molecule has 0 aliphatic carbocycles. The van der Waals surface area contributed by atoms with Crippen LogP contribution in [-0.2, 0) is 7.05 Å². The van der Waals surface area contributed by atoms with Crippen LogP contribution in [0.2, 0.25) is 0 Å². The molecule has 18 heavy (non-hydrogen) atoms. The molecule has 2 aromatic rings. The zero-order valence-corrected chi connectivity index (χ0v) is 10.8. The number of aromatic nitrogens is 1. The molecule has 2 aromatic heterocycles. The molecule has 0 atom stereocenters. The number of furan rings is 1. The molecule has 1 aliphatic rings. The van der Waals surface area contributed by atoms with E-state index in [0.717, 1.165) is 48.6 Å². The van der Waals surface area contributed by atoms with Crippen LogP contribution in [0.1, 0.15) is 30.3 Å². The Hall–Kier alpha value is -1.71. The summed E-state index contributed by atoms with van der Waals surface area (Å²) >= 11 is 0. The van der Waals surface area contributed by atoms with Crippen molar-refractivity contribution in [2.75, 3.05) is 13.1 Å². The second-order valence-electron chi connectivity index (χ2n) is 5.23. The van der Waals surface area contributed by atoms with Crippen LogP contribution in [0.3, 0.4) is 0 Å². The SMILES string of the molecule is CC1CCN(C(=O)c2cc3occc3n2C)CC1. The van der Waals surface area contributed by atoms with E-state index in [1.54, 1.807) is 6.26 Å². The summed E-state index contributed by atoms with van der Waals surface area (Å²) in [5.41, 5.74) is 2.48. The first-order valence-electron chi connectivity index (χ1n) is 6.49. The van der Waals surface area contributed by atoms with Crippen LogP contribution in [0.15, 0.2) is 22.8 Å². The minimum absolute atomic E-state index is 0.121. The van der Waals surface area contributed by atoms with Gasteiger partial charge in [0.1, 0.15) is 5.69 Å². The van der Waals surface area contributed by atoms with Gasteiger partial charge in [-0.1, -0.05) is 6.92 Å². The Labute approximate surface area is 106 Å². The molecule has 4 nitrogen and oxygen atoms in total. The molecule has 0 saturated carbocycles. The van der Waals surface area contributed by atoms with E-state index in [9.17, 15) is 4.79 Å². The van der Waals surface area contributed by atoms with Gasteiger partial charge in [0.05, 0.1) is 11.8 Å². The standard InChI is InChI=1S/C14H18N2O2/c1-10-3-6-16(7-4-10)14(17)12-9-13-11(15(12)2)5-8-18-13/h5,8-10H,3-4,6-7H2,1-2H3. The van der Waals surface area contributed by atoms with Crippen molar-refractivity contribution in [2.24, 2.45) is 13.0 Å². The second kappa shape index (κ2) is 4.19. The van der Waals surface area contributed by atoms with Crippen LogP contribution in [-0.4, -0.2) is 28.5 Å². The lowest BCUT2D eigenvalue weighted by Gasteiger charge is -2.30. The van der Waals surface area contributed by atoms with Crippen molar-refractivity contribution >= 4 is 17.0 Å². The number of rotatable bonds is 1. The number of hydrogen-bond acceptors (Lipinski definition) is 2. The average molecular weight is 246 g/mol. The van der Waals surface area contributed by atoms with Gasteiger partial charge in [0.2, 0.25) is 0 Å². The van der Waals surface area contributed by atoms with Gasteiger partial charge < -0.3 is 13.9 Å². The number of piperidine rings is 1. The molecule has 1 aliphatic heterocycles. The summed E-state index contributed by atoms with van der Waals surface area (Å²) in [5, 5.41) is 0. The molecule has 3 rings (SSSR count). The van der Waals surface area contributed by atoms with Gasteiger partial charge >= 0.3 is 0 Å². The van der Waals surface area contributed by atoms with Crippen molar-refractivity contribution in [3.8, 4) is 0 Å². The number of nitrogens with zero attached hydrogens (tertiary/aromatic N) is 2. The minimum atomic E-state index is 0.121. The maximum atomic E-state index is 12.5. The van der Waals surface area contributed by atoms with Gasteiger partial charge in [-0.15, -0.1) is 0 Å². The van der Waals surface area contributed by atoms with E-state index < -0.39 is 0 Å². The summed E-state index contributed by atoms with van der Waals surface area (Å²) in [5.74, 6) is 0.856. The summed E-state index contributed by atoms with van der Waals surface area (Å²) in [7, 11) is 1.91. The second-order valence-corrected chi connectivity index (χ2v) is 5.23. The van der Waals surface area contributed by atoms with E-state index in [2.05, 4.69) is 6.92 Å². The zero-order valence-electron chi connectivity index (χ0n) is 10.8. The highest BCUT2D eigenvalue weighted by Gasteiger charge is 2.24. The first-order chi connectivity index (χ1) is 8.66. The summed E-state index contributed by atoms with van der Waals surface area (Å²) in [6.07, 6.45) is 3.86. The molecule has 1 saturated heterocycles. The Morgan fingerprint density at radius 3 is 2.78 bits per heavy atom. The van der Waals surface area contributed by atoms with Crippen molar-refractivity contribution in [3.05, 3.63) is 24.1 Å². The molecule has 4 heteroatoms. The van der Waals surface area contributed by atoms with Gasteiger partial charge in [0.25, 0.3) is 5.91 Å². The molecule has 0 unspecified atom stereocenters. The Morgan fingerprint density at radius 2 is 2.11 bits per heavy atom. The van der Waals surface area contributed by atoms with Gasteiger partial charge in [-0.25, -0.2) is 0 Å². The highest BCUT2D eigenvalue weighted by Crippen LogP contribution is 2.23. The minimum Gasteiger partial charge on any atom is -0.463 e. The highest BCUT2D eigenvalue weighted by atomic mass is 16.3. The molecule has 0 bridgehead atoms. The lowest BCUT2D eigenvalue weighted by atomic mass is 9.99. The number of amides is 1. The highest BCUT2D eigenvalue weighted by molar-refractivity contribution is 5.97. The smallest absolute Gasteiger partial charge is 0.270 e. The van der Waals surface area contributed by atoms with Gasteiger partial charge in [0, 0.05) is 32.3 Å². The first-order valence-corrected chi connectivity index (χ1v) is 6.49. The normalized spacial score (nSPS) is 17.6. The van der Waals surface area contributed by atoms with Crippen LogP contribution >= 0.6 is 0 Å². The van der Waals surface area contributed by atoms with Crippen LogP contribution < -0.4 is 0 Å². The number of carbonyl (C=O) groups is 1. The maximum absolute atomic E-state index is 12.5. The van der Waals surface area contributed by atoms with Crippen molar-refractivity contribution in [3.63, 3.8) is 0 Å². The summed E-state index contributed by atoms with van der Waals surface area (Å²) in [6, 6.07) is 3.74. The lowest BCUT2D eigenvalue weighted by Crippen LogP contribution is -2.38. The van der Waals surface area contributed by atoms with Crippen molar-refractivity contribution in [1.82, 2.24) is 9.47 Å². The topological polar surface area (TPSA) is 38.4 Å². The van der Waals surface area contributed by atoms with Crippen LogP contribution in [0, 0.1) is 5.92 Å². The number of carbonyl (C=O) groups excluding carboxylic acids is 1. The third-order valence-electron chi connectivity index (χ3n) is 3.95. The van der Waals surface area contributed by atoms with Gasteiger partial charge in [0.15, 0.2) is 5.58 Å². The van der Waals surface area contributed by atoms with Crippen LogP contribution in [0.4, 0.5) is 0 Å². The van der Waals surface area contributed by atoms with Crippen molar-refractivity contribution in [2.45, 2.75) is 19.8 Å². The van der Waals surface area contributed by atoms with E-state index in [1.807, 2.05) is 28.6 Å². The van der Waals surface area contributed by atoms with E-state index in [0.29, 0.717) is 0 Å². The average Bonchev–Trinajstić information content (AvgIpc) is 2.93. The lowest BCUT2D eigenvalue weighted by molar-refractivity contribution is 0.0688. The van der Waals surface area contributed by atoms with E-state index in [1.165, 1.54) is 0 Å². The quantitative estimate of drug-likeness (QED) is 0.776.